The molecule has 0 bridgehead atoms. The summed E-state index contributed by atoms with van der Waals surface area (Å²) in [6, 6.07) is 11.9. The van der Waals surface area contributed by atoms with Crippen LogP contribution in [0, 0.1) is 6.92 Å². The van der Waals surface area contributed by atoms with Gasteiger partial charge in [-0.1, -0.05) is 31.5 Å². The summed E-state index contributed by atoms with van der Waals surface area (Å²) in [6.45, 7) is 4.63. The highest BCUT2D eigenvalue weighted by Gasteiger charge is 2.18. The SMILES string of the molecule is CCCc1c(C(=O)NCc2ccncc2)cnn1-c1ccccc1C. The smallest absolute Gasteiger partial charge is 0.255 e. The number of carbonyl (C=O) groups is 1. The monoisotopic (exact) mass is 334 g/mol. The fourth-order valence-corrected chi connectivity index (χ4v) is 2.83. The van der Waals surface area contributed by atoms with Crippen LogP contribution in [-0.4, -0.2) is 20.7 Å². The van der Waals surface area contributed by atoms with Crippen LogP contribution in [0.3, 0.4) is 0 Å². The third kappa shape index (κ3) is 3.76. The lowest BCUT2D eigenvalue weighted by Crippen LogP contribution is -2.24. The van der Waals surface area contributed by atoms with Crippen LogP contribution in [0.15, 0.2) is 55.0 Å². The molecule has 3 rings (SSSR count). The Kier molecular flexibility index (Phi) is 5.23. The third-order valence-electron chi connectivity index (χ3n) is 4.15. The van der Waals surface area contributed by atoms with Gasteiger partial charge in [-0.25, -0.2) is 4.68 Å². The van der Waals surface area contributed by atoms with Crippen molar-refractivity contribution in [3.8, 4) is 5.69 Å². The van der Waals surface area contributed by atoms with Crippen LogP contribution in [0.25, 0.3) is 5.69 Å². The standard InChI is InChI=1S/C20H22N4O/c1-3-6-19-17(20(25)22-13-16-9-11-21-12-10-16)14-23-24(19)18-8-5-4-7-15(18)2/h4-5,7-12,14H,3,6,13H2,1-2H3,(H,22,25). The fourth-order valence-electron chi connectivity index (χ4n) is 2.83. The van der Waals surface area contributed by atoms with E-state index in [0.717, 1.165) is 35.3 Å². The van der Waals surface area contributed by atoms with E-state index in [9.17, 15) is 4.79 Å². The second-order valence-corrected chi connectivity index (χ2v) is 5.99. The fraction of sp³-hybridized carbons (Fsp3) is 0.250. The van der Waals surface area contributed by atoms with Gasteiger partial charge in [0.05, 0.1) is 23.1 Å². The summed E-state index contributed by atoms with van der Waals surface area (Å²) in [7, 11) is 0. The number of para-hydroxylation sites is 1. The van der Waals surface area contributed by atoms with Crippen LogP contribution < -0.4 is 5.32 Å². The number of carbonyl (C=O) groups excluding carboxylic acids is 1. The lowest BCUT2D eigenvalue weighted by atomic mass is 10.1. The Morgan fingerprint density at radius 1 is 1.16 bits per heavy atom. The molecule has 0 aliphatic rings. The van der Waals surface area contributed by atoms with Crippen molar-refractivity contribution >= 4 is 5.91 Å². The zero-order valence-corrected chi connectivity index (χ0v) is 14.6. The second-order valence-electron chi connectivity index (χ2n) is 5.99. The van der Waals surface area contributed by atoms with Crippen LogP contribution in [0.2, 0.25) is 0 Å². The topological polar surface area (TPSA) is 59.8 Å². The molecule has 0 aliphatic heterocycles. The van der Waals surface area contributed by atoms with Gasteiger partial charge in [0, 0.05) is 18.9 Å². The van der Waals surface area contributed by atoms with Gasteiger partial charge in [-0.15, -0.1) is 0 Å². The molecule has 3 aromatic rings. The van der Waals surface area contributed by atoms with Gasteiger partial charge in [0.2, 0.25) is 0 Å². The van der Waals surface area contributed by atoms with Crippen LogP contribution in [-0.2, 0) is 13.0 Å². The lowest BCUT2D eigenvalue weighted by Gasteiger charge is -2.11. The zero-order chi connectivity index (χ0) is 17.6. The van der Waals surface area contributed by atoms with E-state index in [2.05, 4.69) is 35.3 Å². The van der Waals surface area contributed by atoms with E-state index in [1.807, 2.05) is 35.0 Å². The van der Waals surface area contributed by atoms with Crippen molar-refractivity contribution in [1.82, 2.24) is 20.1 Å². The van der Waals surface area contributed by atoms with Gasteiger partial charge in [0.15, 0.2) is 0 Å². The van der Waals surface area contributed by atoms with Crippen LogP contribution >= 0.6 is 0 Å². The van der Waals surface area contributed by atoms with Gasteiger partial charge in [-0.05, 0) is 42.7 Å². The first-order valence-electron chi connectivity index (χ1n) is 8.50. The molecule has 5 nitrogen and oxygen atoms in total. The summed E-state index contributed by atoms with van der Waals surface area (Å²) in [5, 5.41) is 7.46. The minimum Gasteiger partial charge on any atom is -0.348 e. The molecule has 1 amide bonds. The first kappa shape index (κ1) is 16.9. The number of benzene rings is 1. The summed E-state index contributed by atoms with van der Waals surface area (Å²) >= 11 is 0. The van der Waals surface area contributed by atoms with E-state index < -0.39 is 0 Å². The predicted molar refractivity (Wildman–Crippen MR) is 97.7 cm³/mol. The van der Waals surface area contributed by atoms with Gasteiger partial charge >= 0.3 is 0 Å². The molecular formula is C20H22N4O. The van der Waals surface area contributed by atoms with E-state index in [-0.39, 0.29) is 5.91 Å². The van der Waals surface area contributed by atoms with Gasteiger partial charge in [-0.2, -0.15) is 5.10 Å². The minimum atomic E-state index is -0.0971. The molecule has 0 aliphatic carbocycles. The maximum Gasteiger partial charge on any atom is 0.255 e. The Morgan fingerprint density at radius 2 is 1.92 bits per heavy atom. The molecule has 25 heavy (non-hydrogen) atoms. The first-order chi connectivity index (χ1) is 12.2. The van der Waals surface area contributed by atoms with E-state index in [1.165, 1.54) is 0 Å². The number of aromatic nitrogens is 3. The number of amides is 1. The van der Waals surface area contributed by atoms with Crippen LogP contribution in [0.4, 0.5) is 0 Å². The molecule has 1 N–H and O–H groups in total. The van der Waals surface area contributed by atoms with Crippen molar-refractivity contribution in [2.24, 2.45) is 0 Å². The number of hydrogen-bond acceptors (Lipinski definition) is 3. The number of nitrogens with zero attached hydrogens (tertiary/aromatic N) is 3. The second kappa shape index (κ2) is 7.75. The average molecular weight is 334 g/mol. The van der Waals surface area contributed by atoms with Crippen LogP contribution in [0.5, 0.6) is 0 Å². The number of hydrogen-bond donors (Lipinski definition) is 1. The van der Waals surface area contributed by atoms with E-state index in [1.54, 1.807) is 18.6 Å². The molecule has 0 spiro atoms. The highest BCUT2D eigenvalue weighted by atomic mass is 16.1. The third-order valence-corrected chi connectivity index (χ3v) is 4.15. The number of rotatable bonds is 6. The highest BCUT2D eigenvalue weighted by Crippen LogP contribution is 2.19. The molecular weight excluding hydrogens is 312 g/mol. The summed E-state index contributed by atoms with van der Waals surface area (Å²) in [5.74, 6) is -0.0971. The Hall–Kier alpha value is -2.95. The molecule has 0 radical (unpaired) electrons. The lowest BCUT2D eigenvalue weighted by molar-refractivity contribution is 0.0950. The molecule has 5 heteroatoms. The number of nitrogens with one attached hydrogen (secondary N) is 1. The molecule has 0 fully saturated rings. The molecule has 2 heterocycles. The van der Waals surface area contributed by atoms with Crippen molar-refractivity contribution in [2.75, 3.05) is 0 Å². The molecule has 0 saturated heterocycles. The summed E-state index contributed by atoms with van der Waals surface area (Å²) < 4.78 is 1.89. The molecule has 0 saturated carbocycles. The largest absolute Gasteiger partial charge is 0.348 e. The van der Waals surface area contributed by atoms with E-state index in [4.69, 9.17) is 0 Å². The Labute approximate surface area is 147 Å². The molecule has 0 unspecified atom stereocenters. The molecule has 0 atom stereocenters. The minimum absolute atomic E-state index is 0.0971. The number of aryl methyl sites for hydroxylation is 1. The van der Waals surface area contributed by atoms with E-state index in [0.29, 0.717) is 12.1 Å². The summed E-state index contributed by atoms with van der Waals surface area (Å²) in [6.07, 6.45) is 6.86. The van der Waals surface area contributed by atoms with Crippen molar-refractivity contribution in [1.29, 1.82) is 0 Å². The van der Waals surface area contributed by atoms with E-state index >= 15 is 0 Å². The van der Waals surface area contributed by atoms with Gasteiger partial charge in [0.25, 0.3) is 5.91 Å². The molecule has 1 aromatic carbocycles. The quantitative estimate of drug-likeness (QED) is 0.751. The molecule has 2 aromatic heterocycles. The van der Waals surface area contributed by atoms with Gasteiger partial charge in [0.1, 0.15) is 0 Å². The Bertz CT molecular complexity index is 855. The molecule has 128 valence electrons. The highest BCUT2D eigenvalue weighted by molar-refractivity contribution is 5.95. The van der Waals surface area contributed by atoms with Gasteiger partial charge in [-0.3, -0.25) is 9.78 Å². The van der Waals surface area contributed by atoms with Crippen molar-refractivity contribution in [3.05, 3.63) is 77.4 Å². The normalized spacial score (nSPS) is 10.6. The zero-order valence-electron chi connectivity index (χ0n) is 14.6. The first-order valence-corrected chi connectivity index (χ1v) is 8.50. The maximum atomic E-state index is 12.7. The predicted octanol–water partition coefficient (Wildman–Crippen LogP) is 3.46. The van der Waals surface area contributed by atoms with Crippen molar-refractivity contribution in [2.45, 2.75) is 33.2 Å². The maximum absolute atomic E-state index is 12.7. The Balaban J connectivity index is 1.86. The number of pyridine rings is 1. The van der Waals surface area contributed by atoms with Crippen LogP contribution in [0.1, 0.15) is 40.5 Å². The van der Waals surface area contributed by atoms with Crippen molar-refractivity contribution in [3.63, 3.8) is 0 Å². The summed E-state index contributed by atoms with van der Waals surface area (Å²) in [5.41, 5.74) is 4.75. The average Bonchev–Trinajstić information content (AvgIpc) is 3.05. The Morgan fingerprint density at radius 3 is 2.64 bits per heavy atom. The van der Waals surface area contributed by atoms with Crippen molar-refractivity contribution < 1.29 is 4.79 Å². The summed E-state index contributed by atoms with van der Waals surface area (Å²) in [4.78, 5) is 16.7. The van der Waals surface area contributed by atoms with Gasteiger partial charge < -0.3 is 5.32 Å².